The van der Waals surface area contributed by atoms with Gasteiger partial charge in [0.25, 0.3) is 0 Å². The first-order chi connectivity index (χ1) is 16.9. The zero-order chi connectivity index (χ0) is 23.5. The third kappa shape index (κ3) is 12.1. The van der Waals surface area contributed by atoms with Gasteiger partial charge in [0.15, 0.2) is 0 Å². The van der Waals surface area contributed by atoms with Crippen molar-refractivity contribution in [3.05, 3.63) is 71.8 Å². The van der Waals surface area contributed by atoms with Gasteiger partial charge < -0.3 is 18.9 Å². The maximum absolute atomic E-state index is 5.85. The molecule has 6 heteroatoms. The highest BCUT2D eigenvalue weighted by molar-refractivity contribution is 5.15. The summed E-state index contributed by atoms with van der Waals surface area (Å²) in [5, 5.41) is 0. The summed E-state index contributed by atoms with van der Waals surface area (Å²) >= 11 is 0. The van der Waals surface area contributed by atoms with E-state index in [4.69, 9.17) is 18.9 Å². The van der Waals surface area contributed by atoms with Gasteiger partial charge in [-0.2, -0.15) is 0 Å². The van der Waals surface area contributed by atoms with Crippen molar-refractivity contribution in [2.24, 2.45) is 0 Å². The third-order valence-electron chi connectivity index (χ3n) is 6.07. The summed E-state index contributed by atoms with van der Waals surface area (Å²) in [6.45, 7) is 11.0. The van der Waals surface area contributed by atoms with Crippen LogP contribution in [0, 0.1) is 0 Å². The van der Waals surface area contributed by atoms with Gasteiger partial charge in [0.2, 0.25) is 0 Å². The Bertz CT molecular complexity index is 648. The standard InChI is InChI=1S/C28H42N2O4/c1-3-7-27(8-4-1)11-13-29-15-19-31-23-25-33-21-17-30(14-12-28-9-5-2-6-10-28)18-22-34-26-24-32-20-16-29/h1-10H,11-26H2. The predicted molar refractivity (Wildman–Crippen MR) is 136 cm³/mol. The lowest BCUT2D eigenvalue weighted by atomic mass is 10.1. The molecule has 0 unspecified atom stereocenters. The van der Waals surface area contributed by atoms with E-state index < -0.39 is 0 Å². The second-order valence-electron chi connectivity index (χ2n) is 8.60. The van der Waals surface area contributed by atoms with Crippen LogP contribution >= 0.6 is 0 Å². The molecule has 2 aromatic rings. The number of hydrogen-bond donors (Lipinski definition) is 0. The first-order valence-corrected chi connectivity index (χ1v) is 12.7. The molecule has 0 aromatic heterocycles. The molecule has 0 amide bonds. The SMILES string of the molecule is c1ccc(CCN2CCOCCOCCN(CCc3ccccc3)CCOCCOCC2)cc1. The van der Waals surface area contributed by atoms with E-state index in [1.807, 2.05) is 0 Å². The van der Waals surface area contributed by atoms with Crippen molar-refractivity contribution in [1.82, 2.24) is 9.80 Å². The predicted octanol–water partition coefficient (Wildman–Crippen LogP) is 3.16. The highest BCUT2D eigenvalue weighted by atomic mass is 16.5. The monoisotopic (exact) mass is 470 g/mol. The van der Waals surface area contributed by atoms with Crippen molar-refractivity contribution in [1.29, 1.82) is 0 Å². The molecule has 1 heterocycles. The molecule has 1 fully saturated rings. The lowest BCUT2D eigenvalue weighted by molar-refractivity contribution is 0.00835. The molecule has 3 rings (SSSR count). The largest absolute Gasteiger partial charge is 0.378 e. The van der Waals surface area contributed by atoms with Crippen LogP contribution in [0.2, 0.25) is 0 Å². The Hall–Kier alpha value is -1.80. The summed E-state index contributed by atoms with van der Waals surface area (Å²) in [4.78, 5) is 4.84. The molecule has 0 N–H and O–H groups in total. The Morgan fingerprint density at radius 2 is 0.765 bits per heavy atom. The third-order valence-corrected chi connectivity index (χ3v) is 6.07. The fourth-order valence-electron chi connectivity index (χ4n) is 3.95. The molecule has 2 aromatic carbocycles. The Kier molecular flexibility index (Phi) is 13.9. The molecule has 34 heavy (non-hydrogen) atoms. The number of benzene rings is 2. The molecular weight excluding hydrogens is 428 g/mol. The van der Waals surface area contributed by atoms with Crippen LogP contribution in [-0.4, -0.2) is 102 Å². The van der Waals surface area contributed by atoms with Crippen LogP contribution in [-0.2, 0) is 31.8 Å². The molecule has 0 atom stereocenters. The summed E-state index contributed by atoms with van der Waals surface area (Å²) in [7, 11) is 0. The molecule has 0 radical (unpaired) electrons. The lowest BCUT2D eigenvalue weighted by Gasteiger charge is -2.23. The van der Waals surface area contributed by atoms with Gasteiger partial charge in [-0.3, -0.25) is 9.80 Å². The molecule has 188 valence electrons. The maximum atomic E-state index is 5.85. The average Bonchev–Trinajstić information content (AvgIpc) is 2.88. The average molecular weight is 471 g/mol. The van der Waals surface area contributed by atoms with E-state index in [0.717, 1.165) is 52.1 Å². The van der Waals surface area contributed by atoms with Crippen molar-refractivity contribution in [2.45, 2.75) is 12.8 Å². The molecule has 0 saturated carbocycles. The van der Waals surface area contributed by atoms with E-state index in [9.17, 15) is 0 Å². The Balaban J connectivity index is 1.38. The quantitative estimate of drug-likeness (QED) is 0.646. The summed E-state index contributed by atoms with van der Waals surface area (Å²) in [5.41, 5.74) is 2.73. The normalized spacial score (nSPS) is 19.3. The minimum absolute atomic E-state index is 0.635. The maximum Gasteiger partial charge on any atom is 0.0701 e. The van der Waals surface area contributed by atoms with E-state index in [1.54, 1.807) is 0 Å². The molecule has 0 aliphatic carbocycles. The van der Waals surface area contributed by atoms with Crippen LogP contribution in [0.15, 0.2) is 60.7 Å². The number of nitrogens with zero attached hydrogens (tertiary/aromatic N) is 2. The summed E-state index contributed by atoms with van der Waals surface area (Å²) in [6.07, 6.45) is 2.07. The first-order valence-electron chi connectivity index (χ1n) is 12.7. The van der Waals surface area contributed by atoms with Crippen LogP contribution in [0.3, 0.4) is 0 Å². The van der Waals surface area contributed by atoms with E-state index in [1.165, 1.54) is 11.1 Å². The topological polar surface area (TPSA) is 43.4 Å². The van der Waals surface area contributed by atoms with Crippen molar-refractivity contribution >= 4 is 0 Å². The van der Waals surface area contributed by atoms with E-state index in [0.29, 0.717) is 52.9 Å². The number of hydrogen-bond acceptors (Lipinski definition) is 6. The van der Waals surface area contributed by atoms with Crippen LogP contribution in [0.25, 0.3) is 0 Å². The van der Waals surface area contributed by atoms with Gasteiger partial charge in [0, 0.05) is 39.3 Å². The van der Waals surface area contributed by atoms with Crippen LogP contribution in [0.5, 0.6) is 0 Å². The van der Waals surface area contributed by atoms with Crippen molar-refractivity contribution in [3.8, 4) is 0 Å². The lowest BCUT2D eigenvalue weighted by Crippen LogP contribution is -2.34. The molecule has 0 spiro atoms. The Morgan fingerprint density at radius 3 is 1.09 bits per heavy atom. The van der Waals surface area contributed by atoms with Gasteiger partial charge in [0.05, 0.1) is 52.9 Å². The smallest absolute Gasteiger partial charge is 0.0701 e. The van der Waals surface area contributed by atoms with Gasteiger partial charge in [-0.1, -0.05) is 60.7 Å². The molecule has 1 saturated heterocycles. The summed E-state index contributed by atoms with van der Waals surface area (Å²) < 4.78 is 23.4. The van der Waals surface area contributed by atoms with Crippen LogP contribution in [0.4, 0.5) is 0 Å². The molecule has 1 aliphatic rings. The fraction of sp³-hybridized carbons (Fsp3) is 0.571. The molecular formula is C28H42N2O4. The Labute approximate surface area is 205 Å². The summed E-state index contributed by atoms with van der Waals surface area (Å²) in [6, 6.07) is 21.3. The summed E-state index contributed by atoms with van der Waals surface area (Å²) in [5.74, 6) is 0. The van der Waals surface area contributed by atoms with Crippen molar-refractivity contribution < 1.29 is 18.9 Å². The molecule has 0 bridgehead atoms. The minimum atomic E-state index is 0.635. The highest BCUT2D eigenvalue weighted by Crippen LogP contribution is 2.03. The Morgan fingerprint density at radius 1 is 0.441 bits per heavy atom. The van der Waals surface area contributed by atoms with Gasteiger partial charge in [0.1, 0.15) is 0 Å². The zero-order valence-corrected chi connectivity index (χ0v) is 20.6. The zero-order valence-electron chi connectivity index (χ0n) is 20.6. The molecule has 1 aliphatic heterocycles. The van der Waals surface area contributed by atoms with E-state index in [2.05, 4.69) is 70.5 Å². The van der Waals surface area contributed by atoms with E-state index in [-0.39, 0.29) is 0 Å². The second kappa shape index (κ2) is 17.6. The second-order valence-corrected chi connectivity index (χ2v) is 8.60. The highest BCUT2D eigenvalue weighted by Gasteiger charge is 2.08. The van der Waals surface area contributed by atoms with Gasteiger partial charge in [-0.25, -0.2) is 0 Å². The number of ether oxygens (including phenoxy) is 4. The van der Waals surface area contributed by atoms with Gasteiger partial charge >= 0.3 is 0 Å². The van der Waals surface area contributed by atoms with Gasteiger partial charge in [-0.15, -0.1) is 0 Å². The van der Waals surface area contributed by atoms with E-state index >= 15 is 0 Å². The van der Waals surface area contributed by atoms with Gasteiger partial charge in [-0.05, 0) is 24.0 Å². The first kappa shape index (κ1) is 26.8. The number of rotatable bonds is 6. The minimum Gasteiger partial charge on any atom is -0.378 e. The van der Waals surface area contributed by atoms with Crippen LogP contribution in [0.1, 0.15) is 11.1 Å². The van der Waals surface area contributed by atoms with Crippen LogP contribution < -0.4 is 0 Å². The van der Waals surface area contributed by atoms with Crippen molar-refractivity contribution in [3.63, 3.8) is 0 Å². The fourth-order valence-corrected chi connectivity index (χ4v) is 3.95. The molecule has 6 nitrogen and oxygen atoms in total. The van der Waals surface area contributed by atoms with Crippen molar-refractivity contribution in [2.75, 3.05) is 92.1 Å².